The van der Waals surface area contributed by atoms with E-state index in [9.17, 15) is 0 Å². The van der Waals surface area contributed by atoms with Gasteiger partial charge in [0, 0.05) is 5.56 Å². The number of aryl methyl sites for hydroxylation is 1. The second-order valence-electron chi connectivity index (χ2n) is 3.91. The summed E-state index contributed by atoms with van der Waals surface area (Å²) in [6, 6.07) is 6.00. The van der Waals surface area contributed by atoms with Gasteiger partial charge in [-0.1, -0.05) is 11.6 Å². The van der Waals surface area contributed by atoms with E-state index >= 15 is 0 Å². The minimum atomic E-state index is 0.0810. The third-order valence-electron chi connectivity index (χ3n) is 2.32. The number of amidine groups is 1. The van der Waals surface area contributed by atoms with Crippen LogP contribution in [0.3, 0.4) is 0 Å². The van der Waals surface area contributed by atoms with Crippen molar-refractivity contribution in [2.24, 2.45) is 26.7 Å². The number of benzene rings is 1. The zero-order valence-electron chi connectivity index (χ0n) is 10.0. The van der Waals surface area contributed by atoms with Gasteiger partial charge in [0.1, 0.15) is 6.34 Å². The number of rotatable bonds is 3. The highest BCUT2D eigenvalue weighted by atomic mass is 15.5. The summed E-state index contributed by atoms with van der Waals surface area (Å²) in [5.74, 6) is 0.740. The third-order valence-corrected chi connectivity index (χ3v) is 2.32. The molecule has 0 bridgehead atoms. The predicted octanol–water partition coefficient (Wildman–Crippen LogP) is -0.434. The summed E-state index contributed by atoms with van der Waals surface area (Å²) in [5, 5.41) is 7.98. The molecule has 1 aliphatic heterocycles. The van der Waals surface area contributed by atoms with Gasteiger partial charge in [-0.25, -0.2) is 4.99 Å². The van der Waals surface area contributed by atoms with Crippen LogP contribution in [0, 0.1) is 6.92 Å². The first-order valence-electron chi connectivity index (χ1n) is 5.42. The van der Waals surface area contributed by atoms with Gasteiger partial charge < -0.3 is 11.5 Å². The Balaban J connectivity index is 2.26. The van der Waals surface area contributed by atoms with Gasteiger partial charge in [-0.15, -0.1) is 0 Å². The first-order valence-corrected chi connectivity index (χ1v) is 5.42. The summed E-state index contributed by atoms with van der Waals surface area (Å²) in [6.45, 7) is 2.45. The van der Waals surface area contributed by atoms with Gasteiger partial charge in [-0.2, -0.15) is 10.2 Å². The van der Waals surface area contributed by atoms with E-state index in [0.29, 0.717) is 12.4 Å². The number of guanidine groups is 1. The number of hydrogen-bond acceptors (Lipinski definition) is 5. The van der Waals surface area contributed by atoms with Crippen LogP contribution in [-0.4, -0.2) is 18.1 Å². The molecule has 7 nitrogen and oxygen atoms in total. The molecule has 0 spiro atoms. The van der Waals surface area contributed by atoms with Crippen LogP contribution in [0.4, 0.5) is 0 Å². The van der Waals surface area contributed by atoms with Crippen molar-refractivity contribution >= 4 is 18.1 Å². The maximum atomic E-state index is 5.32. The highest BCUT2D eigenvalue weighted by Crippen LogP contribution is 2.11. The standard InChI is InChI=1S/C11H15N7/c1-7-2-8(5-14-11(12)13)4-9(3-7)10-17-15-6-16-18-10/h2-4,6H,5H2,1H3,(H,15,16)(H,17,18)(H4,12,13,14). The fraction of sp³-hybridized carbons (Fsp3) is 0.182. The Morgan fingerprint density at radius 2 is 2.17 bits per heavy atom. The van der Waals surface area contributed by atoms with Gasteiger partial charge in [0.25, 0.3) is 0 Å². The highest BCUT2D eigenvalue weighted by molar-refractivity contribution is 6.00. The molecule has 0 unspecified atom stereocenters. The predicted molar refractivity (Wildman–Crippen MR) is 72.0 cm³/mol. The lowest BCUT2D eigenvalue weighted by molar-refractivity contribution is 0.904. The van der Waals surface area contributed by atoms with Crippen LogP contribution in [0.2, 0.25) is 0 Å². The van der Waals surface area contributed by atoms with Gasteiger partial charge in [0.05, 0.1) is 6.54 Å². The Bertz CT molecular complexity index is 526. The Morgan fingerprint density at radius 1 is 1.33 bits per heavy atom. The van der Waals surface area contributed by atoms with E-state index in [1.807, 2.05) is 25.1 Å². The Morgan fingerprint density at radius 3 is 2.83 bits per heavy atom. The van der Waals surface area contributed by atoms with Gasteiger partial charge in [0.15, 0.2) is 11.8 Å². The third kappa shape index (κ3) is 2.97. The first kappa shape index (κ1) is 11.9. The largest absolute Gasteiger partial charge is 0.370 e. The summed E-state index contributed by atoms with van der Waals surface area (Å²) < 4.78 is 0. The van der Waals surface area contributed by atoms with Crippen molar-refractivity contribution in [2.45, 2.75) is 13.5 Å². The molecular weight excluding hydrogens is 230 g/mol. The molecule has 0 saturated carbocycles. The van der Waals surface area contributed by atoms with Crippen molar-refractivity contribution in [3.8, 4) is 0 Å². The van der Waals surface area contributed by atoms with E-state index in [2.05, 4.69) is 26.0 Å². The van der Waals surface area contributed by atoms with Crippen molar-refractivity contribution in [3.05, 3.63) is 34.9 Å². The van der Waals surface area contributed by atoms with Crippen LogP contribution < -0.4 is 22.3 Å². The molecule has 0 amide bonds. The molecule has 0 aromatic heterocycles. The van der Waals surface area contributed by atoms with Crippen molar-refractivity contribution < 1.29 is 0 Å². The van der Waals surface area contributed by atoms with E-state index in [-0.39, 0.29) is 5.96 Å². The van der Waals surface area contributed by atoms with Gasteiger partial charge >= 0.3 is 0 Å². The molecule has 1 aromatic rings. The van der Waals surface area contributed by atoms with Crippen molar-refractivity contribution in [1.82, 2.24) is 10.9 Å². The van der Waals surface area contributed by atoms with Crippen LogP contribution in [-0.2, 0) is 6.54 Å². The smallest absolute Gasteiger partial charge is 0.186 e. The van der Waals surface area contributed by atoms with Crippen LogP contribution in [0.5, 0.6) is 0 Å². The molecule has 7 heteroatoms. The maximum absolute atomic E-state index is 5.32. The fourth-order valence-corrected chi connectivity index (χ4v) is 1.64. The van der Waals surface area contributed by atoms with Crippen molar-refractivity contribution in [1.29, 1.82) is 0 Å². The molecule has 0 radical (unpaired) electrons. The Hall–Kier alpha value is -2.57. The zero-order valence-corrected chi connectivity index (χ0v) is 10.0. The summed E-state index contributed by atoms with van der Waals surface area (Å²) in [6.07, 6.45) is 1.47. The van der Waals surface area contributed by atoms with Crippen LogP contribution in [0.1, 0.15) is 16.7 Å². The van der Waals surface area contributed by atoms with Crippen LogP contribution in [0.15, 0.2) is 33.4 Å². The van der Waals surface area contributed by atoms with Crippen LogP contribution >= 0.6 is 0 Å². The fourth-order valence-electron chi connectivity index (χ4n) is 1.64. The molecule has 2 rings (SSSR count). The Kier molecular flexibility index (Phi) is 3.42. The Labute approximate surface area is 105 Å². The molecule has 1 aromatic carbocycles. The van der Waals surface area contributed by atoms with Gasteiger partial charge in [-0.05, 0) is 24.6 Å². The SMILES string of the molecule is Cc1cc(CN=C(N)N)cc(C2=NNC=NN2)c1. The van der Waals surface area contributed by atoms with E-state index in [4.69, 9.17) is 11.5 Å². The van der Waals surface area contributed by atoms with Crippen molar-refractivity contribution in [2.75, 3.05) is 0 Å². The van der Waals surface area contributed by atoms with Gasteiger partial charge in [-0.3, -0.25) is 10.9 Å². The molecule has 1 heterocycles. The average molecular weight is 245 g/mol. The lowest BCUT2D eigenvalue weighted by Crippen LogP contribution is -2.28. The summed E-state index contributed by atoms with van der Waals surface area (Å²) in [4.78, 5) is 3.99. The quantitative estimate of drug-likeness (QED) is 0.427. The number of nitrogens with one attached hydrogen (secondary N) is 2. The lowest BCUT2D eigenvalue weighted by Gasteiger charge is -2.11. The number of nitrogens with zero attached hydrogens (tertiary/aromatic N) is 3. The number of nitrogens with two attached hydrogens (primary N) is 2. The monoisotopic (exact) mass is 245 g/mol. The number of aliphatic imine (C=N–C) groups is 1. The van der Waals surface area contributed by atoms with Crippen LogP contribution in [0.25, 0.3) is 0 Å². The number of hydrazone groups is 2. The van der Waals surface area contributed by atoms with E-state index in [0.717, 1.165) is 16.7 Å². The summed E-state index contributed by atoms with van der Waals surface area (Å²) in [5.41, 5.74) is 19.2. The average Bonchev–Trinajstić information content (AvgIpc) is 2.37. The van der Waals surface area contributed by atoms with E-state index < -0.39 is 0 Å². The highest BCUT2D eigenvalue weighted by Gasteiger charge is 2.07. The summed E-state index contributed by atoms with van der Waals surface area (Å²) in [7, 11) is 0. The lowest BCUT2D eigenvalue weighted by atomic mass is 10.1. The normalized spacial score (nSPS) is 13.3. The minimum Gasteiger partial charge on any atom is -0.370 e. The van der Waals surface area contributed by atoms with Gasteiger partial charge in [0.2, 0.25) is 0 Å². The molecular formula is C11H15N7. The number of hydrogen-bond donors (Lipinski definition) is 4. The molecule has 1 aliphatic rings. The second kappa shape index (κ2) is 5.17. The first-order chi connectivity index (χ1) is 8.65. The molecule has 0 atom stereocenters. The van der Waals surface area contributed by atoms with Crippen molar-refractivity contribution in [3.63, 3.8) is 0 Å². The van der Waals surface area contributed by atoms with E-state index in [1.165, 1.54) is 6.34 Å². The molecule has 6 N–H and O–H groups in total. The van der Waals surface area contributed by atoms with E-state index in [1.54, 1.807) is 0 Å². The topological polar surface area (TPSA) is 113 Å². The molecule has 0 saturated heterocycles. The maximum Gasteiger partial charge on any atom is 0.186 e. The molecule has 18 heavy (non-hydrogen) atoms. The minimum absolute atomic E-state index is 0.0810. The second-order valence-corrected chi connectivity index (χ2v) is 3.91. The summed E-state index contributed by atoms with van der Waals surface area (Å²) >= 11 is 0. The molecule has 0 aliphatic carbocycles. The molecule has 0 fully saturated rings. The molecule has 94 valence electrons. The zero-order chi connectivity index (χ0) is 13.0.